The number of anilines is 1. The first-order valence-corrected chi connectivity index (χ1v) is 5.77. The molecule has 1 atom stereocenters. The molecule has 1 amide bonds. The summed E-state index contributed by atoms with van der Waals surface area (Å²) in [5.41, 5.74) is 7.56. The molecule has 1 aromatic carbocycles. The van der Waals surface area contributed by atoms with Gasteiger partial charge in [-0.2, -0.15) is 0 Å². The van der Waals surface area contributed by atoms with Gasteiger partial charge in [-0.1, -0.05) is 38.5 Å². The summed E-state index contributed by atoms with van der Waals surface area (Å²) in [5, 5.41) is 2.93. The number of nitrogens with one attached hydrogen (secondary N) is 1. The summed E-state index contributed by atoms with van der Waals surface area (Å²) in [5.74, 6) is -0.152. The van der Waals surface area contributed by atoms with E-state index in [1.165, 1.54) is 5.56 Å². The second kappa shape index (κ2) is 8.09. The third-order valence-electron chi connectivity index (χ3n) is 2.60. The molecule has 0 radical (unpaired) electrons. The molecule has 0 aliphatic heterocycles. The molecular formula is C13H21ClN2O. The van der Waals surface area contributed by atoms with Crippen LogP contribution in [0.3, 0.4) is 0 Å². The van der Waals surface area contributed by atoms with E-state index in [0.717, 1.165) is 18.5 Å². The molecule has 0 bridgehead atoms. The lowest BCUT2D eigenvalue weighted by Crippen LogP contribution is -2.27. The highest BCUT2D eigenvalue weighted by molar-refractivity contribution is 5.93. The predicted molar refractivity (Wildman–Crippen MR) is 74.5 cm³/mol. The van der Waals surface area contributed by atoms with Crippen molar-refractivity contribution in [2.24, 2.45) is 11.7 Å². The van der Waals surface area contributed by atoms with Gasteiger partial charge in [0.2, 0.25) is 5.91 Å². The Bertz CT molecular complexity index is 355. The van der Waals surface area contributed by atoms with Gasteiger partial charge in [0.1, 0.15) is 0 Å². The van der Waals surface area contributed by atoms with Crippen molar-refractivity contribution in [1.82, 2.24) is 0 Å². The molecule has 4 heteroatoms. The number of aryl methyl sites for hydroxylation is 1. The molecule has 1 aromatic rings. The number of rotatable bonds is 5. The molecular weight excluding hydrogens is 236 g/mol. The zero-order valence-corrected chi connectivity index (χ0v) is 11.2. The molecule has 1 rings (SSSR count). The van der Waals surface area contributed by atoms with Gasteiger partial charge in [-0.05, 0) is 18.1 Å². The zero-order chi connectivity index (χ0) is 12.0. The maximum atomic E-state index is 11.7. The highest BCUT2D eigenvalue weighted by atomic mass is 35.5. The lowest BCUT2D eigenvalue weighted by Gasteiger charge is -2.13. The van der Waals surface area contributed by atoms with Crippen LogP contribution in [-0.2, 0) is 11.2 Å². The first-order valence-electron chi connectivity index (χ1n) is 5.77. The quantitative estimate of drug-likeness (QED) is 0.851. The van der Waals surface area contributed by atoms with E-state index in [1.807, 2.05) is 31.2 Å². The van der Waals surface area contributed by atoms with Crippen LogP contribution in [0.1, 0.15) is 25.8 Å². The van der Waals surface area contributed by atoms with Gasteiger partial charge < -0.3 is 11.1 Å². The Morgan fingerprint density at radius 3 is 2.65 bits per heavy atom. The maximum Gasteiger partial charge on any atom is 0.228 e. The topological polar surface area (TPSA) is 55.1 Å². The van der Waals surface area contributed by atoms with E-state index >= 15 is 0 Å². The van der Waals surface area contributed by atoms with Crippen molar-refractivity contribution in [2.75, 3.05) is 11.9 Å². The van der Waals surface area contributed by atoms with Gasteiger partial charge in [0.15, 0.2) is 0 Å². The summed E-state index contributed by atoms with van der Waals surface area (Å²) in [6, 6.07) is 7.91. The van der Waals surface area contributed by atoms with E-state index in [4.69, 9.17) is 5.73 Å². The molecule has 3 nitrogen and oxygen atoms in total. The van der Waals surface area contributed by atoms with Crippen molar-refractivity contribution in [1.29, 1.82) is 0 Å². The summed E-state index contributed by atoms with van der Waals surface area (Å²) < 4.78 is 0. The van der Waals surface area contributed by atoms with Gasteiger partial charge in [0, 0.05) is 18.2 Å². The minimum absolute atomic E-state index is 0. The molecule has 0 fully saturated rings. The normalized spacial score (nSPS) is 11.5. The third-order valence-corrected chi connectivity index (χ3v) is 2.60. The van der Waals surface area contributed by atoms with E-state index < -0.39 is 0 Å². The van der Waals surface area contributed by atoms with Crippen LogP contribution in [0, 0.1) is 5.92 Å². The second-order valence-corrected chi connectivity index (χ2v) is 4.03. The van der Waals surface area contributed by atoms with Gasteiger partial charge in [0.05, 0.1) is 0 Å². The summed E-state index contributed by atoms with van der Waals surface area (Å²) in [6.07, 6.45) is 2.05. The largest absolute Gasteiger partial charge is 0.330 e. The summed E-state index contributed by atoms with van der Waals surface area (Å²) >= 11 is 0. The highest BCUT2D eigenvalue weighted by Gasteiger charge is 2.12. The molecule has 0 aliphatic rings. The molecule has 0 saturated carbocycles. The van der Waals surface area contributed by atoms with Crippen LogP contribution in [0.25, 0.3) is 0 Å². The molecule has 0 saturated heterocycles. The zero-order valence-electron chi connectivity index (χ0n) is 10.4. The molecule has 0 aliphatic carbocycles. The first-order chi connectivity index (χ1) is 7.69. The number of nitrogens with two attached hydrogens (primary N) is 1. The smallest absolute Gasteiger partial charge is 0.228 e. The number of hydrogen-bond acceptors (Lipinski definition) is 2. The molecule has 0 aromatic heterocycles. The van der Waals surface area contributed by atoms with Crippen LogP contribution in [0.5, 0.6) is 0 Å². The molecule has 0 spiro atoms. The number of carbonyl (C=O) groups excluding carboxylic acids is 1. The van der Waals surface area contributed by atoms with Crippen LogP contribution in [0.15, 0.2) is 24.3 Å². The lowest BCUT2D eigenvalue weighted by atomic mass is 10.1. The molecule has 96 valence electrons. The van der Waals surface area contributed by atoms with Crippen molar-refractivity contribution in [3.63, 3.8) is 0 Å². The lowest BCUT2D eigenvalue weighted by molar-refractivity contribution is -0.119. The molecule has 1 unspecified atom stereocenters. The van der Waals surface area contributed by atoms with Crippen molar-refractivity contribution in [3.8, 4) is 0 Å². The Hall–Kier alpha value is -1.06. The summed E-state index contributed by atoms with van der Waals surface area (Å²) in [4.78, 5) is 11.7. The Labute approximate surface area is 109 Å². The van der Waals surface area contributed by atoms with E-state index in [9.17, 15) is 4.79 Å². The Balaban J connectivity index is 0.00000256. The monoisotopic (exact) mass is 256 g/mol. The second-order valence-electron chi connectivity index (χ2n) is 4.03. The molecule has 0 heterocycles. The fraction of sp³-hybridized carbons (Fsp3) is 0.462. The number of carbonyl (C=O) groups is 1. The number of hydrogen-bond donors (Lipinski definition) is 2. The number of para-hydroxylation sites is 1. The van der Waals surface area contributed by atoms with Crippen LogP contribution in [0.4, 0.5) is 5.69 Å². The molecule has 17 heavy (non-hydrogen) atoms. The number of amides is 1. The van der Waals surface area contributed by atoms with Crippen LogP contribution in [-0.4, -0.2) is 12.5 Å². The van der Waals surface area contributed by atoms with E-state index in [2.05, 4.69) is 12.2 Å². The first kappa shape index (κ1) is 15.9. The average Bonchev–Trinajstić information content (AvgIpc) is 2.31. The van der Waals surface area contributed by atoms with E-state index in [-0.39, 0.29) is 24.2 Å². The van der Waals surface area contributed by atoms with Gasteiger partial charge >= 0.3 is 0 Å². The van der Waals surface area contributed by atoms with E-state index in [0.29, 0.717) is 6.54 Å². The summed E-state index contributed by atoms with van der Waals surface area (Å²) in [6.45, 7) is 4.33. The van der Waals surface area contributed by atoms with Crippen molar-refractivity contribution in [3.05, 3.63) is 29.8 Å². The Morgan fingerprint density at radius 2 is 2.06 bits per heavy atom. The third kappa shape index (κ3) is 4.75. The Morgan fingerprint density at radius 1 is 1.41 bits per heavy atom. The number of benzene rings is 1. The van der Waals surface area contributed by atoms with Gasteiger partial charge in [-0.25, -0.2) is 0 Å². The fourth-order valence-corrected chi connectivity index (χ4v) is 1.49. The van der Waals surface area contributed by atoms with Crippen molar-refractivity contribution >= 4 is 24.0 Å². The van der Waals surface area contributed by atoms with Gasteiger partial charge in [-0.15, -0.1) is 12.4 Å². The SMILES string of the molecule is CCCc1ccccc1NC(=O)C(C)CN.Cl. The fourth-order valence-electron chi connectivity index (χ4n) is 1.49. The average molecular weight is 257 g/mol. The summed E-state index contributed by atoms with van der Waals surface area (Å²) in [7, 11) is 0. The van der Waals surface area contributed by atoms with Gasteiger partial charge in [-0.3, -0.25) is 4.79 Å². The minimum atomic E-state index is -0.144. The highest BCUT2D eigenvalue weighted by Crippen LogP contribution is 2.17. The van der Waals surface area contributed by atoms with Crippen molar-refractivity contribution < 1.29 is 4.79 Å². The van der Waals surface area contributed by atoms with E-state index in [1.54, 1.807) is 0 Å². The predicted octanol–water partition coefficient (Wildman–Crippen LogP) is 2.59. The van der Waals surface area contributed by atoms with Crippen molar-refractivity contribution in [2.45, 2.75) is 26.7 Å². The number of halogens is 1. The van der Waals surface area contributed by atoms with Crippen LogP contribution in [0.2, 0.25) is 0 Å². The van der Waals surface area contributed by atoms with Crippen LogP contribution >= 0.6 is 12.4 Å². The Kier molecular flexibility index (Phi) is 7.59. The van der Waals surface area contributed by atoms with Crippen LogP contribution < -0.4 is 11.1 Å². The maximum absolute atomic E-state index is 11.7. The molecule has 3 N–H and O–H groups in total. The van der Waals surface area contributed by atoms with Gasteiger partial charge in [0.25, 0.3) is 0 Å². The minimum Gasteiger partial charge on any atom is -0.330 e. The standard InChI is InChI=1S/C13H20N2O.ClH/c1-3-6-11-7-4-5-8-12(11)15-13(16)10(2)9-14;/h4-5,7-8,10H,3,6,9,14H2,1-2H3,(H,15,16);1H.